The number of carbonyl (C=O) groups is 2. The molecule has 0 radical (unpaired) electrons. The largest absolute Gasteiger partial charge is 0.467 e. The molecule has 0 aliphatic carbocycles. The van der Waals surface area contributed by atoms with Crippen molar-refractivity contribution in [1.29, 1.82) is 0 Å². The number of aromatic nitrogens is 2. The normalized spacial score (nSPS) is 12.2. The summed E-state index contributed by atoms with van der Waals surface area (Å²) in [6, 6.07) is 1.10. The minimum atomic E-state index is -0.615. The maximum atomic E-state index is 11.7. The Hall–Kier alpha value is -1.85. The molecule has 0 spiro atoms. The molecule has 6 nitrogen and oxygen atoms in total. The van der Waals surface area contributed by atoms with Gasteiger partial charge in [-0.25, -0.2) is 4.79 Å². The SMILES string of the molecule is COC(=O)C(NC(=O)Cc1ccn[nH]1)C(C)C. The van der Waals surface area contributed by atoms with Crippen LogP contribution >= 0.6 is 0 Å². The fourth-order valence-electron chi connectivity index (χ4n) is 1.41. The summed E-state index contributed by atoms with van der Waals surface area (Å²) < 4.78 is 4.64. The van der Waals surface area contributed by atoms with E-state index in [0.717, 1.165) is 0 Å². The summed E-state index contributed by atoms with van der Waals surface area (Å²) in [6.07, 6.45) is 1.74. The van der Waals surface area contributed by atoms with Gasteiger partial charge in [0.25, 0.3) is 0 Å². The van der Waals surface area contributed by atoms with Crippen LogP contribution in [0.25, 0.3) is 0 Å². The van der Waals surface area contributed by atoms with Gasteiger partial charge in [-0.1, -0.05) is 13.8 Å². The molecule has 1 amide bonds. The number of rotatable bonds is 5. The molecular formula is C11H17N3O3. The molecule has 0 saturated heterocycles. The first kappa shape index (κ1) is 13.2. The Balaban J connectivity index is 2.55. The van der Waals surface area contributed by atoms with Crippen molar-refractivity contribution in [3.8, 4) is 0 Å². The number of hydrogen-bond donors (Lipinski definition) is 2. The molecule has 0 aliphatic heterocycles. The molecule has 0 aromatic carbocycles. The van der Waals surface area contributed by atoms with Crippen LogP contribution in [0.15, 0.2) is 12.3 Å². The third kappa shape index (κ3) is 3.90. The topological polar surface area (TPSA) is 84.1 Å². The highest BCUT2D eigenvalue weighted by molar-refractivity contribution is 5.85. The van der Waals surface area contributed by atoms with Gasteiger partial charge in [0.15, 0.2) is 0 Å². The predicted molar refractivity (Wildman–Crippen MR) is 61.1 cm³/mol. The number of amides is 1. The van der Waals surface area contributed by atoms with E-state index in [2.05, 4.69) is 20.3 Å². The van der Waals surface area contributed by atoms with Crippen molar-refractivity contribution < 1.29 is 14.3 Å². The Kier molecular flexibility index (Phi) is 4.68. The van der Waals surface area contributed by atoms with Gasteiger partial charge in [0, 0.05) is 11.9 Å². The van der Waals surface area contributed by atoms with E-state index in [0.29, 0.717) is 5.69 Å². The van der Waals surface area contributed by atoms with Gasteiger partial charge in [-0.2, -0.15) is 5.10 Å². The number of H-pyrrole nitrogens is 1. The second-order valence-electron chi connectivity index (χ2n) is 4.07. The lowest BCUT2D eigenvalue weighted by Crippen LogP contribution is -2.45. The molecule has 1 heterocycles. The molecule has 1 atom stereocenters. The first-order valence-corrected chi connectivity index (χ1v) is 5.40. The van der Waals surface area contributed by atoms with Crippen LogP contribution in [0.3, 0.4) is 0 Å². The van der Waals surface area contributed by atoms with Gasteiger partial charge < -0.3 is 10.1 Å². The number of esters is 1. The lowest BCUT2D eigenvalue weighted by molar-refractivity contribution is -0.146. The van der Waals surface area contributed by atoms with Crippen molar-refractivity contribution in [2.45, 2.75) is 26.3 Å². The zero-order valence-electron chi connectivity index (χ0n) is 10.2. The molecule has 0 aliphatic rings. The third-order valence-electron chi connectivity index (χ3n) is 2.35. The fraction of sp³-hybridized carbons (Fsp3) is 0.545. The Morgan fingerprint density at radius 1 is 1.53 bits per heavy atom. The Morgan fingerprint density at radius 3 is 2.71 bits per heavy atom. The van der Waals surface area contributed by atoms with E-state index in [1.807, 2.05) is 13.8 Å². The van der Waals surface area contributed by atoms with Crippen LogP contribution in [0.2, 0.25) is 0 Å². The Labute approximate surface area is 99.7 Å². The van der Waals surface area contributed by atoms with E-state index in [4.69, 9.17) is 0 Å². The van der Waals surface area contributed by atoms with Crippen molar-refractivity contribution in [3.05, 3.63) is 18.0 Å². The van der Waals surface area contributed by atoms with Crippen molar-refractivity contribution in [3.63, 3.8) is 0 Å². The highest BCUT2D eigenvalue weighted by Crippen LogP contribution is 2.04. The van der Waals surface area contributed by atoms with Crippen molar-refractivity contribution in [1.82, 2.24) is 15.5 Å². The number of methoxy groups -OCH3 is 1. The van der Waals surface area contributed by atoms with Crippen LogP contribution in [0.5, 0.6) is 0 Å². The lowest BCUT2D eigenvalue weighted by atomic mass is 10.0. The predicted octanol–water partition coefficient (Wildman–Crippen LogP) is 0.266. The zero-order chi connectivity index (χ0) is 12.8. The van der Waals surface area contributed by atoms with Crippen molar-refractivity contribution in [2.24, 2.45) is 5.92 Å². The molecule has 1 unspecified atom stereocenters. The first-order valence-electron chi connectivity index (χ1n) is 5.40. The van der Waals surface area contributed by atoms with E-state index in [-0.39, 0.29) is 18.2 Å². The summed E-state index contributed by atoms with van der Waals surface area (Å²) in [5.41, 5.74) is 0.704. The molecule has 0 saturated carbocycles. The minimum Gasteiger partial charge on any atom is -0.467 e. The highest BCUT2D eigenvalue weighted by atomic mass is 16.5. The minimum absolute atomic E-state index is 0.0202. The van der Waals surface area contributed by atoms with Crippen molar-refractivity contribution in [2.75, 3.05) is 7.11 Å². The molecular weight excluding hydrogens is 222 g/mol. The molecule has 2 N–H and O–H groups in total. The maximum Gasteiger partial charge on any atom is 0.328 e. The van der Waals surface area contributed by atoms with Gasteiger partial charge in [0.05, 0.1) is 13.5 Å². The summed E-state index contributed by atoms with van der Waals surface area (Å²) in [4.78, 5) is 23.1. The van der Waals surface area contributed by atoms with Crippen LogP contribution < -0.4 is 5.32 Å². The Morgan fingerprint density at radius 2 is 2.24 bits per heavy atom. The lowest BCUT2D eigenvalue weighted by Gasteiger charge is -2.19. The van der Waals surface area contributed by atoms with E-state index < -0.39 is 12.0 Å². The first-order chi connectivity index (χ1) is 8.04. The van der Waals surface area contributed by atoms with Crippen LogP contribution in [-0.4, -0.2) is 35.2 Å². The van der Waals surface area contributed by atoms with Crippen LogP contribution in [0, 0.1) is 5.92 Å². The summed E-state index contributed by atoms with van der Waals surface area (Å²) >= 11 is 0. The van der Waals surface area contributed by atoms with E-state index in [9.17, 15) is 9.59 Å². The molecule has 1 rings (SSSR count). The quantitative estimate of drug-likeness (QED) is 0.722. The average molecular weight is 239 g/mol. The van der Waals surface area contributed by atoms with Gasteiger partial charge in [-0.15, -0.1) is 0 Å². The number of hydrogen-bond acceptors (Lipinski definition) is 4. The van der Waals surface area contributed by atoms with Gasteiger partial charge in [-0.3, -0.25) is 9.89 Å². The van der Waals surface area contributed by atoms with Gasteiger partial charge in [-0.05, 0) is 12.0 Å². The number of nitrogens with one attached hydrogen (secondary N) is 2. The van der Waals surface area contributed by atoms with Gasteiger partial charge >= 0.3 is 5.97 Å². The maximum absolute atomic E-state index is 11.7. The third-order valence-corrected chi connectivity index (χ3v) is 2.35. The molecule has 94 valence electrons. The summed E-state index contributed by atoms with van der Waals surface area (Å²) in [7, 11) is 1.30. The molecule has 17 heavy (non-hydrogen) atoms. The standard InChI is InChI=1S/C11H17N3O3/c1-7(2)10(11(16)17-3)13-9(15)6-8-4-5-12-14-8/h4-5,7,10H,6H2,1-3H3,(H,12,14)(H,13,15). The average Bonchev–Trinajstić information content (AvgIpc) is 2.77. The van der Waals surface area contributed by atoms with Crippen LogP contribution in [-0.2, 0) is 20.7 Å². The van der Waals surface area contributed by atoms with Crippen LogP contribution in [0.4, 0.5) is 0 Å². The van der Waals surface area contributed by atoms with Gasteiger partial charge in [0.1, 0.15) is 6.04 Å². The summed E-state index contributed by atoms with van der Waals surface area (Å²) in [5.74, 6) is -0.690. The smallest absolute Gasteiger partial charge is 0.328 e. The van der Waals surface area contributed by atoms with E-state index in [1.54, 1.807) is 12.3 Å². The van der Waals surface area contributed by atoms with E-state index in [1.165, 1.54) is 7.11 Å². The zero-order valence-corrected chi connectivity index (χ0v) is 10.2. The molecule has 0 fully saturated rings. The fourth-order valence-corrected chi connectivity index (χ4v) is 1.41. The summed E-state index contributed by atoms with van der Waals surface area (Å²) in [5, 5.41) is 9.08. The number of ether oxygens (including phenoxy) is 1. The van der Waals surface area contributed by atoms with Crippen molar-refractivity contribution >= 4 is 11.9 Å². The number of nitrogens with zero attached hydrogens (tertiary/aromatic N) is 1. The highest BCUT2D eigenvalue weighted by Gasteiger charge is 2.24. The molecule has 1 aromatic heterocycles. The summed E-state index contributed by atoms with van der Waals surface area (Å²) in [6.45, 7) is 3.69. The Bertz CT molecular complexity index is 373. The number of aromatic amines is 1. The number of carbonyl (C=O) groups excluding carboxylic acids is 2. The van der Waals surface area contributed by atoms with Gasteiger partial charge in [0.2, 0.25) is 5.91 Å². The monoisotopic (exact) mass is 239 g/mol. The second-order valence-corrected chi connectivity index (χ2v) is 4.07. The molecule has 0 bridgehead atoms. The second kappa shape index (κ2) is 6.03. The molecule has 6 heteroatoms. The van der Waals surface area contributed by atoms with Crippen LogP contribution in [0.1, 0.15) is 19.5 Å². The molecule has 1 aromatic rings. The van der Waals surface area contributed by atoms with E-state index >= 15 is 0 Å².